The molecule has 1 aromatic heterocycles. The van der Waals surface area contributed by atoms with Crippen LogP contribution in [0, 0.1) is 5.92 Å². The summed E-state index contributed by atoms with van der Waals surface area (Å²) in [6.45, 7) is 12.9. The van der Waals surface area contributed by atoms with Crippen molar-refractivity contribution in [1.82, 2.24) is 15.3 Å². The lowest BCUT2D eigenvalue weighted by Crippen LogP contribution is -2.35. The molecule has 0 amide bonds. The molecule has 0 radical (unpaired) electrons. The van der Waals surface area contributed by atoms with Gasteiger partial charge in [-0.25, -0.2) is 4.98 Å². The van der Waals surface area contributed by atoms with Crippen molar-refractivity contribution in [3.05, 3.63) is 18.1 Å². The van der Waals surface area contributed by atoms with Crippen molar-refractivity contribution in [2.45, 2.75) is 72.0 Å². The molecule has 0 aliphatic heterocycles. The molecular weight excluding hydrogens is 260 g/mol. The lowest BCUT2D eigenvalue weighted by molar-refractivity contribution is 0.421. The Bertz CT molecular complexity index is 446. The van der Waals surface area contributed by atoms with Crippen molar-refractivity contribution in [3.63, 3.8) is 0 Å². The third-order valence-corrected chi connectivity index (χ3v) is 3.70. The number of aromatic nitrogens is 2. The van der Waals surface area contributed by atoms with Gasteiger partial charge in [-0.1, -0.05) is 13.8 Å². The summed E-state index contributed by atoms with van der Waals surface area (Å²) in [5, 5.41) is 3.48. The summed E-state index contributed by atoms with van der Waals surface area (Å²) in [5.41, 5.74) is 1.13. The first-order valence-electron chi connectivity index (χ1n) is 8.18. The second-order valence-corrected chi connectivity index (χ2v) is 7.58. The van der Waals surface area contributed by atoms with E-state index >= 15 is 0 Å². The summed E-state index contributed by atoms with van der Waals surface area (Å²) in [4.78, 5) is 11.7. The van der Waals surface area contributed by atoms with Crippen LogP contribution in [0.4, 0.5) is 5.82 Å². The first-order valence-corrected chi connectivity index (χ1v) is 8.18. The summed E-state index contributed by atoms with van der Waals surface area (Å²) in [7, 11) is 0. The molecule has 0 bridgehead atoms. The van der Waals surface area contributed by atoms with Crippen molar-refractivity contribution in [2.24, 2.45) is 5.92 Å². The SMILES string of the molecule is CC(C)CCN(c1cncc(CNC(C)(C)C)n1)C1CC1. The van der Waals surface area contributed by atoms with E-state index in [4.69, 9.17) is 4.98 Å². The quantitative estimate of drug-likeness (QED) is 0.836. The Kier molecular flexibility index (Phi) is 5.20. The molecule has 1 saturated carbocycles. The van der Waals surface area contributed by atoms with Gasteiger partial charge in [-0.05, 0) is 46.0 Å². The van der Waals surface area contributed by atoms with Crippen LogP contribution in [-0.4, -0.2) is 28.1 Å². The molecule has 1 fully saturated rings. The first kappa shape index (κ1) is 16.2. The number of hydrogen-bond donors (Lipinski definition) is 1. The molecule has 0 saturated heterocycles. The lowest BCUT2D eigenvalue weighted by Gasteiger charge is -2.25. The summed E-state index contributed by atoms with van der Waals surface area (Å²) in [5.74, 6) is 1.77. The largest absolute Gasteiger partial charge is 0.352 e. The number of nitrogens with zero attached hydrogens (tertiary/aromatic N) is 3. The van der Waals surface area contributed by atoms with Crippen molar-refractivity contribution in [1.29, 1.82) is 0 Å². The highest BCUT2D eigenvalue weighted by atomic mass is 15.2. The smallest absolute Gasteiger partial charge is 0.147 e. The minimum atomic E-state index is 0.103. The zero-order chi connectivity index (χ0) is 15.5. The zero-order valence-corrected chi connectivity index (χ0v) is 14.2. The fourth-order valence-electron chi connectivity index (χ4n) is 2.24. The van der Waals surface area contributed by atoms with E-state index in [9.17, 15) is 0 Å². The van der Waals surface area contributed by atoms with Gasteiger partial charge >= 0.3 is 0 Å². The van der Waals surface area contributed by atoms with Gasteiger partial charge in [0, 0.05) is 30.9 Å². The van der Waals surface area contributed by atoms with Crippen LogP contribution in [-0.2, 0) is 6.54 Å². The maximum Gasteiger partial charge on any atom is 0.147 e. The Morgan fingerprint density at radius 1 is 1.29 bits per heavy atom. The molecule has 0 unspecified atom stereocenters. The van der Waals surface area contributed by atoms with E-state index in [-0.39, 0.29) is 5.54 Å². The second kappa shape index (κ2) is 6.73. The number of nitrogens with one attached hydrogen (secondary N) is 1. The topological polar surface area (TPSA) is 41.1 Å². The van der Waals surface area contributed by atoms with Gasteiger partial charge in [-0.2, -0.15) is 0 Å². The molecule has 0 atom stereocenters. The van der Waals surface area contributed by atoms with E-state index < -0.39 is 0 Å². The van der Waals surface area contributed by atoms with E-state index in [1.54, 1.807) is 0 Å². The van der Waals surface area contributed by atoms with E-state index in [2.05, 4.69) is 49.8 Å². The first-order chi connectivity index (χ1) is 9.85. The molecule has 1 aliphatic carbocycles. The van der Waals surface area contributed by atoms with Gasteiger partial charge in [-0.15, -0.1) is 0 Å². The van der Waals surface area contributed by atoms with Gasteiger partial charge in [0.25, 0.3) is 0 Å². The molecule has 4 nitrogen and oxygen atoms in total. The zero-order valence-electron chi connectivity index (χ0n) is 14.2. The maximum atomic E-state index is 4.82. The van der Waals surface area contributed by atoms with Crippen molar-refractivity contribution < 1.29 is 0 Å². The molecule has 4 heteroatoms. The number of rotatable bonds is 7. The van der Waals surface area contributed by atoms with Gasteiger partial charge in [-0.3, -0.25) is 4.98 Å². The minimum Gasteiger partial charge on any atom is -0.352 e. The molecule has 1 aliphatic rings. The van der Waals surface area contributed by atoms with Crippen LogP contribution in [0.3, 0.4) is 0 Å². The second-order valence-electron chi connectivity index (χ2n) is 7.58. The highest BCUT2D eigenvalue weighted by Crippen LogP contribution is 2.30. The average molecular weight is 290 g/mol. The highest BCUT2D eigenvalue weighted by molar-refractivity contribution is 5.39. The maximum absolute atomic E-state index is 4.82. The predicted octanol–water partition coefficient (Wildman–Crippen LogP) is 3.38. The standard InChI is InChI=1S/C17H30N4/c1-13(2)8-9-21(15-6-7-15)16-12-18-10-14(20-16)11-19-17(3,4)5/h10,12-13,15,19H,6-9,11H2,1-5H3. The molecular formula is C17H30N4. The minimum absolute atomic E-state index is 0.103. The van der Waals surface area contributed by atoms with E-state index in [1.807, 2.05) is 12.4 Å². The molecule has 2 rings (SSSR count). The number of hydrogen-bond acceptors (Lipinski definition) is 4. The van der Waals surface area contributed by atoms with Crippen LogP contribution < -0.4 is 10.2 Å². The Balaban J connectivity index is 2.03. The Morgan fingerprint density at radius 3 is 2.57 bits per heavy atom. The molecule has 0 spiro atoms. The monoisotopic (exact) mass is 290 g/mol. The third-order valence-electron chi connectivity index (χ3n) is 3.70. The molecule has 1 heterocycles. The van der Waals surface area contributed by atoms with Gasteiger partial charge in [0.2, 0.25) is 0 Å². The normalized spacial score (nSPS) is 15.5. The number of anilines is 1. The molecule has 1 N–H and O–H groups in total. The van der Waals surface area contributed by atoms with E-state index in [0.717, 1.165) is 30.5 Å². The van der Waals surface area contributed by atoms with Crippen molar-refractivity contribution in [2.75, 3.05) is 11.4 Å². The van der Waals surface area contributed by atoms with Crippen LogP contribution >= 0.6 is 0 Å². The summed E-state index contributed by atoms with van der Waals surface area (Å²) >= 11 is 0. The van der Waals surface area contributed by atoms with Crippen LogP contribution in [0.15, 0.2) is 12.4 Å². The van der Waals surface area contributed by atoms with Crippen LogP contribution in [0.2, 0.25) is 0 Å². The lowest BCUT2D eigenvalue weighted by atomic mass is 10.1. The van der Waals surface area contributed by atoms with Gasteiger partial charge < -0.3 is 10.2 Å². The Morgan fingerprint density at radius 2 is 2.00 bits per heavy atom. The third kappa shape index (κ3) is 5.62. The summed E-state index contributed by atoms with van der Waals surface area (Å²) in [6, 6.07) is 0.684. The predicted molar refractivity (Wildman–Crippen MR) is 88.4 cm³/mol. The fraction of sp³-hybridized carbons (Fsp3) is 0.765. The summed E-state index contributed by atoms with van der Waals surface area (Å²) < 4.78 is 0. The summed E-state index contributed by atoms with van der Waals surface area (Å²) in [6.07, 6.45) is 7.59. The van der Waals surface area contributed by atoms with Gasteiger partial charge in [0.05, 0.1) is 11.9 Å². The van der Waals surface area contributed by atoms with E-state index in [1.165, 1.54) is 19.3 Å². The molecule has 21 heavy (non-hydrogen) atoms. The highest BCUT2D eigenvalue weighted by Gasteiger charge is 2.30. The Hall–Kier alpha value is -1.16. The van der Waals surface area contributed by atoms with Crippen LogP contribution in [0.5, 0.6) is 0 Å². The average Bonchev–Trinajstić information content (AvgIpc) is 3.21. The van der Waals surface area contributed by atoms with E-state index in [0.29, 0.717) is 6.04 Å². The van der Waals surface area contributed by atoms with Gasteiger partial charge in [0.15, 0.2) is 0 Å². The Labute approximate surface area is 129 Å². The van der Waals surface area contributed by atoms with Crippen molar-refractivity contribution in [3.8, 4) is 0 Å². The van der Waals surface area contributed by atoms with Crippen molar-refractivity contribution >= 4 is 5.82 Å². The van der Waals surface area contributed by atoms with Gasteiger partial charge in [0.1, 0.15) is 5.82 Å². The molecule has 118 valence electrons. The molecule has 0 aromatic carbocycles. The van der Waals surface area contributed by atoms with Crippen LogP contribution in [0.1, 0.15) is 59.6 Å². The fourth-order valence-corrected chi connectivity index (χ4v) is 2.24. The molecule has 1 aromatic rings. The van der Waals surface area contributed by atoms with Crippen LogP contribution in [0.25, 0.3) is 0 Å².